The lowest BCUT2D eigenvalue weighted by molar-refractivity contribution is 0.0718. The largest absolute Gasteiger partial charge is 0.367 e. The summed E-state index contributed by atoms with van der Waals surface area (Å²) in [6.45, 7) is 5.34. The van der Waals surface area contributed by atoms with E-state index in [2.05, 4.69) is 25.3 Å². The van der Waals surface area contributed by atoms with E-state index in [-0.39, 0.29) is 5.91 Å². The van der Waals surface area contributed by atoms with Crippen molar-refractivity contribution in [2.24, 2.45) is 0 Å². The summed E-state index contributed by atoms with van der Waals surface area (Å²) in [5.41, 5.74) is 3.45. The number of benzene rings is 1. The van der Waals surface area contributed by atoms with Crippen LogP contribution in [-0.4, -0.2) is 49.9 Å². The molecule has 2 aromatic heterocycles. The average molecular weight is 350 g/mol. The van der Waals surface area contributed by atoms with E-state index in [0.29, 0.717) is 11.6 Å². The summed E-state index contributed by atoms with van der Waals surface area (Å²) in [5.74, 6) is 1.79. The first-order chi connectivity index (χ1) is 12.6. The molecule has 1 aromatic carbocycles. The van der Waals surface area contributed by atoms with Crippen LogP contribution in [0.1, 0.15) is 34.7 Å². The van der Waals surface area contributed by atoms with Gasteiger partial charge in [0.25, 0.3) is 5.91 Å². The van der Waals surface area contributed by atoms with Crippen LogP contribution in [0.5, 0.6) is 0 Å². The minimum Gasteiger partial charge on any atom is -0.367 e. The molecule has 0 unspecified atom stereocenters. The van der Waals surface area contributed by atoms with Crippen LogP contribution in [0.4, 0.5) is 5.82 Å². The molecule has 0 saturated carbocycles. The fourth-order valence-corrected chi connectivity index (χ4v) is 3.42. The first kappa shape index (κ1) is 16.5. The summed E-state index contributed by atoms with van der Waals surface area (Å²) < 4.78 is 0. The molecule has 0 atom stereocenters. The van der Waals surface area contributed by atoms with Gasteiger partial charge in [0.15, 0.2) is 0 Å². The maximum Gasteiger partial charge on any atom is 0.253 e. The van der Waals surface area contributed by atoms with Crippen LogP contribution < -0.4 is 5.32 Å². The molecular weight excluding hydrogens is 328 g/mol. The SMILES string of the molecule is Cc1cc(NC2CCN(C(=O)c3ccc4nc(C)[nH]c4c3)CC2)ncn1. The van der Waals surface area contributed by atoms with E-state index >= 15 is 0 Å². The Balaban J connectivity index is 1.39. The second-order valence-electron chi connectivity index (χ2n) is 6.81. The maximum absolute atomic E-state index is 12.8. The summed E-state index contributed by atoms with van der Waals surface area (Å²) in [7, 11) is 0. The van der Waals surface area contributed by atoms with Crippen molar-refractivity contribution in [3.05, 3.63) is 47.7 Å². The van der Waals surface area contributed by atoms with Gasteiger partial charge in [0, 0.05) is 36.5 Å². The minimum absolute atomic E-state index is 0.0792. The number of aryl methyl sites for hydroxylation is 2. The van der Waals surface area contributed by atoms with Crippen molar-refractivity contribution >= 4 is 22.8 Å². The standard InChI is InChI=1S/C19H22N6O/c1-12-9-18(21-11-20-12)24-15-5-7-25(8-6-15)19(26)14-3-4-16-17(10-14)23-13(2)22-16/h3-4,9-11,15H,5-8H2,1-2H3,(H,22,23)(H,20,21,24). The molecule has 1 aliphatic heterocycles. The molecule has 3 heterocycles. The van der Waals surface area contributed by atoms with Crippen molar-refractivity contribution in [2.75, 3.05) is 18.4 Å². The van der Waals surface area contributed by atoms with Gasteiger partial charge < -0.3 is 15.2 Å². The molecule has 1 fully saturated rings. The Bertz CT molecular complexity index is 942. The first-order valence-corrected chi connectivity index (χ1v) is 8.89. The zero-order valence-corrected chi connectivity index (χ0v) is 15.0. The van der Waals surface area contributed by atoms with Gasteiger partial charge in [-0.15, -0.1) is 0 Å². The quantitative estimate of drug-likeness (QED) is 0.758. The number of imidazole rings is 1. The number of hydrogen-bond donors (Lipinski definition) is 2. The monoisotopic (exact) mass is 350 g/mol. The Morgan fingerprint density at radius 1 is 1.19 bits per heavy atom. The molecule has 1 saturated heterocycles. The molecule has 7 heteroatoms. The molecule has 26 heavy (non-hydrogen) atoms. The van der Waals surface area contributed by atoms with E-state index in [9.17, 15) is 4.79 Å². The van der Waals surface area contributed by atoms with Crippen LogP contribution in [0, 0.1) is 13.8 Å². The van der Waals surface area contributed by atoms with Crippen molar-refractivity contribution in [1.29, 1.82) is 0 Å². The molecule has 2 N–H and O–H groups in total. The van der Waals surface area contributed by atoms with E-state index in [4.69, 9.17) is 0 Å². The lowest BCUT2D eigenvalue weighted by atomic mass is 10.0. The van der Waals surface area contributed by atoms with Crippen LogP contribution in [-0.2, 0) is 0 Å². The molecule has 1 aliphatic rings. The lowest BCUT2D eigenvalue weighted by Gasteiger charge is -2.32. The van der Waals surface area contributed by atoms with Gasteiger partial charge in [-0.25, -0.2) is 15.0 Å². The zero-order valence-electron chi connectivity index (χ0n) is 15.0. The number of fused-ring (bicyclic) bond motifs is 1. The van der Waals surface area contributed by atoms with Crippen LogP contribution >= 0.6 is 0 Å². The van der Waals surface area contributed by atoms with Crippen LogP contribution in [0.3, 0.4) is 0 Å². The number of carbonyl (C=O) groups is 1. The molecular formula is C19H22N6O. The highest BCUT2D eigenvalue weighted by Gasteiger charge is 2.24. The fraction of sp³-hybridized carbons (Fsp3) is 0.368. The third kappa shape index (κ3) is 3.37. The van der Waals surface area contributed by atoms with E-state index in [1.807, 2.05) is 43.0 Å². The Morgan fingerprint density at radius 3 is 2.77 bits per heavy atom. The number of nitrogens with zero attached hydrogens (tertiary/aromatic N) is 4. The predicted octanol–water partition coefficient (Wildman–Crippen LogP) is 2.69. The van der Waals surface area contributed by atoms with Gasteiger partial charge in [0.1, 0.15) is 18.0 Å². The second kappa shape index (κ2) is 6.74. The third-order valence-corrected chi connectivity index (χ3v) is 4.79. The summed E-state index contributed by atoms with van der Waals surface area (Å²) in [5, 5.41) is 3.45. The Hall–Kier alpha value is -2.96. The second-order valence-corrected chi connectivity index (χ2v) is 6.81. The number of nitrogens with one attached hydrogen (secondary N) is 2. The van der Waals surface area contributed by atoms with Gasteiger partial charge in [-0.05, 0) is 44.9 Å². The summed E-state index contributed by atoms with van der Waals surface area (Å²) in [4.78, 5) is 30.7. The van der Waals surface area contributed by atoms with E-state index < -0.39 is 0 Å². The van der Waals surface area contributed by atoms with Gasteiger partial charge in [0.05, 0.1) is 11.0 Å². The lowest BCUT2D eigenvalue weighted by Crippen LogP contribution is -2.42. The molecule has 1 amide bonds. The van der Waals surface area contributed by atoms with Crippen molar-refractivity contribution < 1.29 is 4.79 Å². The minimum atomic E-state index is 0.0792. The number of likely N-dealkylation sites (tertiary alicyclic amines) is 1. The van der Waals surface area contributed by atoms with Crippen molar-refractivity contribution in [3.8, 4) is 0 Å². The molecule has 0 aliphatic carbocycles. The fourth-order valence-electron chi connectivity index (χ4n) is 3.42. The number of aromatic amines is 1. The van der Waals surface area contributed by atoms with Gasteiger partial charge in [0.2, 0.25) is 0 Å². The normalized spacial score (nSPS) is 15.4. The molecule has 3 aromatic rings. The molecule has 134 valence electrons. The number of hydrogen-bond acceptors (Lipinski definition) is 5. The molecule has 0 spiro atoms. The summed E-state index contributed by atoms with van der Waals surface area (Å²) in [6, 6.07) is 7.92. The smallest absolute Gasteiger partial charge is 0.253 e. The van der Waals surface area contributed by atoms with Gasteiger partial charge in [-0.3, -0.25) is 4.79 Å². The van der Waals surface area contributed by atoms with E-state index in [1.165, 1.54) is 0 Å². The molecule has 0 radical (unpaired) electrons. The number of anilines is 1. The van der Waals surface area contributed by atoms with E-state index in [0.717, 1.165) is 54.3 Å². The zero-order chi connectivity index (χ0) is 18.1. The number of amides is 1. The van der Waals surface area contributed by atoms with E-state index in [1.54, 1.807) is 6.33 Å². The highest BCUT2D eigenvalue weighted by molar-refractivity contribution is 5.97. The van der Waals surface area contributed by atoms with Crippen molar-refractivity contribution in [2.45, 2.75) is 32.7 Å². The Morgan fingerprint density at radius 2 is 2.00 bits per heavy atom. The topological polar surface area (TPSA) is 86.8 Å². The highest BCUT2D eigenvalue weighted by Crippen LogP contribution is 2.19. The van der Waals surface area contributed by atoms with Gasteiger partial charge >= 0.3 is 0 Å². The average Bonchev–Trinajstić information content (AvgIpc) is 3.01. The van der Waals surface area contributed by atoms with Crippen molar-refractivity contribution in [3.63, 3.8) is 0 Å². The number of carbonyl (C=O) groups excluding carboxylic acids is 1. The first-order valence-electron chi connectivity index (χ1n) is 8.89. The van der Waals surface area contributed by atoms with Crippen molar-refractivity contribution in [1.82, 2.24) is 24.8 Å². The van der Waals surface area contributed by atoms with Crippen LogP contribution in [0.15, 0.2) is 30.6 Å². The molecule has 7 nitrogen and oxygen atoms in total. The van der Waals surface area contributed by atoms with Gasteiger partial charge in [-0.1, -0.05) is 0 Å². The molecule has 0 bridgehead atoms. The van der Waals surface area contributed by atoms with Crippen LogP contribution in [0.25, 0.3) is 11.0 Å². The summed E-state index contributed by atoms with van der Waals surface area (Å²) >= 11 is 0. The van der Waals surface area contributed by atoms with Crippen LogP contribution in [0.2, 0.25) is 0 Å². The third-order valence-electron chi connectivity index (χ3n) is 4.79. The predicted molar refractivity (Wildman–Crippen MR) is 100 cm³/mol. The number of rotatable bonds is 3. The maximum atomic E-state index is 12.8. The van der Waals surface area contributed by atoms with Gasteiger partial charge in [-0.2, -0.15) is 0 Å². The number of piperidine rings is 1. The highest BCUT2D eigenvalue weighted by atomic mass is 16.2. The Labute approximate surface area is 151 Å². The molecule has 4 rings (SSSR count). The number of H-pyrrole nitrogens is 1. The summed E-state index contributed by atoms with van der Waals surface area (Å²) in [6.07, 6.45) is 3.38. The Kier molecular flexibility index (Phi) is 4.28. The number of aromatic nitrogens is 4.